The van der Waals surface area contributed by atoms with Gasteiger partial charge >= 0.3 is 0 Å². The number of hydrogen-bond donors (Lipinski definition) is 0. The third-order valence-corrected chi connectivity index (χ3v) is 8.90. The summed E-state index contributed by atoms with van der Waals surface area (Å²) in [5.41, 5.74) is 0. The van der Waals surface area contributed by atoms with Crippen molar-refractivity contribution in [1.82, 2.24) is 0 Å². The molecule has 0 saturated carbocycles. The minimum absolute atomic E-state index is 1.31. The second-order valence-electron chi connectivity index (χ2n) is 10.4. The van der Waals surface area contributed by atoms with Gasteiger partial charge in [0.05, 0.1) is 0 Å². The molecule has 36 heavy (non-hydrogen) atoms. The largest absolute Gasteiger partial charge is 0.0616 e. The maximum Gasteiger partial charge on any atom is -0.00137 e. The van der Waals surface area contributed by atoms with Crippen molar-refractivity contribution >= 4 is 53.9 Å². The van der Waals surface area contributed by atoms with Crippen molar-refractivity contribution in [2.75, 3.05) is 0 Å². The fraction of sp³-hybridized carbons (Fsp3) is 0. The highest BCUT2D eigenvalue weighted by Crippen LogP contribution is 2.43. The Hall–Kier alpha value is -4.68. The van der Waals surface area contributed by atoms with E-state index in [1.165, 1.54) is 95.6 Å². The van der Waals surface area contributed by atoms with Gasteiger partial charge in [0.25, 0.3) is 0 Å². The summed E-state index contributed by atoms with van der Waals surface area (Å²) in [6.07, 6.45) is 0. The number of fused-ring (bicyclic) bond motifs is 6. The van der Waals surface area contributed by atoms with Crippen LogP contribution in [-0.4, -0.2) is 0 Å². The molecule has 0 N–H and O–H groups in total. The fourth-order valence-corrected chi connectivity index (χ4v) is 7.51. The van der Waals surface area contributed by atoms with Crippen LogP contribution in [0.15, 0.2) is 109 Å². The predicted molar refractivity (Wildman–Crippen MR) is 149 cm³/mol. The molecule has 0 bridgehead atoms. The second kappa shape index (κ2) is 5.75. The molecule has 162 valence electrons. The number of benzene rings is 8. The van der Waals surface area contributed by atoms with Crippen molar-refractivity contribution in [2.24, 2.45) is 0 Å². The van der Waals surface area contributed by atoms with Gasteiger partial charge in [-0.05, 0) is 95.6 Å². The lowest BCUT2D eigenvalue weighted by molar-refractivity contribution is 1.49. The Labute approximate surface area is 204 Å². The topological polar surface area (TPSA) is 0 Å². The van der Waals surface area contributed by atoms with Crippen LogP contribution in [0, 0.1) is 41.7 Å². The maximum absolute atomic E-state index is 2.39. The summed E-state index contributed by atoms with van der Waals surface area (Å²) in [5.74, 6) is 0. The van der Waals surface area contributed by atoms with Gasteiger partial charge in [0.1, 0.15) is 0 Å². The Morgan fingerprint density at radius 2 is 0.722 bits per heavy atom. The first kappa shape index (κ1) is 17.7. The van der Waals surface area contributed by atoms with Crippen LogP contribution in [0.3, 0.4) is 0 Å². The first-order valence-electron chi connectivity index (χ1n) is 12.7. The zero-order valence-corrected chi connectivity index (χ0v) is 19.4. The highest BCUT2D eigenvalue weighted by atomic mass is 14.2. The summed E-state index contributed by atoms with van der Waals surface area (Å²) in [4.78, 5) is 0. The predicted octanol–water partition coefficient (Wildman–Crippen LogP) is 8.67. The number of hydrogen-bond acceptors (Lipinski definition) is 0. The van der Waals surface area contributed by atoms with Crippen LogP contribution in [-0.2, 0) is 0 Å². The van der Waals surface area contributed by atoms with Gasteiger partial charge in [-0.1, -0.05) is 109 Å². The standard InChI is InChI=1S/C36H18/c1-2-6-20-19(5-1)9-10-25-26-15-16-29-27-13-11-23-21-7-3-4-8-22(21)24-12-14-28(34(27)33(23)24)30-17-18-31(32(20)25)36(26)35(29)30/h1-18H. The highest BCUT2D eigenvalue weighted by molar-refractivity contribution is 6.33. The minimum Gasteiger partial charge on any atom is -0.0616 e. The summed E-state index contributed by atoms with van der Waals surface area (Å²) in [5, 5.41) is 24.8. The molecule has 0 nitrogen and oxygen atoms in total. The van der Waals surface area contributed by atoms with E-state index in [1.54, 1.807) is 0 Å². The van der Waals surface area contributed by atoms with E-state index in [1.807, 2.05) is 0 Å². The van der Waals surface area contributed by atoms with Gasteiger partial charge in [0.2, 0.25) is 0 Å². The van der Waals surface area contributed by atoms with Crippen LogP contribution in [0.2, 0.25) is 0 Å². The van der Waals surface area contributed by atoms with Gasteiger partial charge in [0, 0.05) is 0 Å². The van der Waals surface area contributed by atoms with E-state index in [2.05, 4.69) is 109 Å². The zero-order chi connectivity index (χ0) is 23.1. The van der Waals surface area contributed by atoms with Gasteiger partial charge in [-0.15, -0.1) is 0 Å². The smallest absolute Gasteiger partial charge is 0.00137 e. The Morgan fingerprint density at radius 3 is 1.36 bits per heavy atom. The molecule has 0 atom stereocenters. The molecule has 0 amide bonds. The van der Waals surface area contributed by atoms with Crippen molar-refractivity contribution in [3.8, 4) is 0 Å². The monoisotopic (exact) mass is 450 g/mol. The molecular formula is C36H18. The quantitative estimate of drug-likeness (QED) is 0.160. The average Bonchev–Trinajstić information content (AvgIpc) is 3.45. The molecule has 0 spiro atoms. The van der Waals surface area contributed by atoms with Gasteiger partial charge in [-0.2, -0.15) is 0 Å². The minimum atomic E-state index is 1.31. The zero-order valence-electron chi connectivity index (χ0n) is 19.4. The van der Waals surface area contributed by atoms with Crippen LogP contribution >= 0.6 is 0 Å². The van der Waals surface area contributed by atoms with E-state index in [-0.39, 0.29) is 0 Å². The van der Waals surface area contributed by atoms with E-state index in [4.69, 9.17) is 0 Å². The lowest BCUT2D eigenvalue weighted by Crippen LogP contribution is -1.89. The van der Waals surface area contributed by atoms with Crippen molar-refractivity contribution in [2.45, 2.75) is 0 Å². The Balaban J connectivity index is 1.57. The van der Waals surface area contributed by atoms with Crippen molar-refractivity contribution in [1.29, 1.82) is 0 Å². The average molecular weight is 451 g/mol. The molecule has 0 heterocycles. The molecule has 0 heteroatoms. The first-order valence-corrected chi connectivity index (χ1v) is 12.7. The van der Waals surface area contributed by atoms with E-state index in [0.717, 1.165) is 0 Å². The lowest BCUT2D eigenvalue weighted by atomic mass is 9.88. The van der Waals surface area contributed by atoms with Crippen LogP contribution in [0.1, 0.15) is 0 Å². The Kier molecular flexibility index (Phi) is 2.83. The van der Waals surface area contributed by atoms with Gasteiger partial charge < -0.3 is 0 Å². The van der Waals surface area contributed by atoms with Crippen LogP contribution < -0.4 is 0 Å². The number of rotatable bonds is 0. The molecule has 0 aliphatic heterocycles. The van der Waals surface area contributed by atoms with Crippen molar-refractivity contribution in [3.63, 3.8) is 0 Å². The lowest BCUT2D eigenvalue weighted by Gasteiger charge is -2.14. The van der Waals surface area contributed by atoms with Crippen LogP contribution in [0.5, 0.6) is 0 Å². The molecule has 8 aromatic carbocycles. The molecule has 2 aliphatic rings. The van der Waals surface area contributed by atoms with Gasteiger partial charge in [0.15, 0.2) is 0 Å². The normalized spacial score (nSPS) is 13.0. The SMILES string of the molecule is c1ccc2c(c1)=c1ccc3c4ccc5c6c(ccc(c7ccc=2c1c37)c64)=c1c=5ccc2ccccc12. The van der Waals surface area contributed by atoms with Crippen LogP contribution in [0.25, 0.3) is 53.9 Å². The molecule has 0 fully saturated rings. The summed E-state index contributed by atoms with van der Waals surface area (Å²) >= 11 is 0. The van der Waals surface area contributed by atoms with Gasteiger partial charge in [-0.3, -0.25) is 0 Å². The fourth-order valence-electron chi connectivity index (χ4n) is 7.51. The van der Waals surface area contributed by atoms with Crippen molar-refractivity contribution in [3.05, 3.63) is 151 Å². The van der Waals surface area contributed by atoms with E-state index in [0.29, 0.717) is 0 Å². The van der Waals surface area contributed by atoms with E-state index in [9.17, 15) is 0 Å². The van der Waals surface area contributed by atoms with Crippen molar-refractivity contribution < 1.29 is 0 Å². The molecule has 0 saturated heterocycles. The molecule has 8 aromatic rings. The molecule has 2 aliphatic carbocycles. The van der Waals surface area contributed by atoms with Gasteiger partial charge in [-0.25, -0.2) is 0 Å². The summed E-state index contributed by atoms with van der Waals surface area (Å²) < 4.78 is 0. The third kappa shape index (κ3) is 1.80. The summed E-state index contributed by atoms with van der Waals surface area (Å²) in [6.45, 7) is 0. The maximum atomic E-state index is 2.39. The van der Waals surface area contributed by atoms with Crippen LogP contribution in [0.4, 0.5) is 0 Å². The third-order valence-electron chi connectivity index (χ3n) is 8.90. The summed E-state index contributed by atoms with van der Waals surface area (Å²) in [6, 6.07) is 41.2. The molecular weight excluding hydrogens is 432 g/mol. The first-order chi connectivity index (χ1) is 17.9. The molecule has 10 rings (SSSR count). The Bertz CT molecular complexity index is 2640. The van der Waals surface area contributed by atoms with E-state index >= 15 is 0 Å². The molecule has 0 radical (unpaired) electrons. The Morgan fingerprint density at radius 1 is 0.250 bits per heavy atom. The summed E-state index contributed by atoms with van der Waals surface area (Å²) in [7, 11) is 0. The second-order valence-corrected chi connectivity index (χ2v) is 10.4. The van der Waals surface area contributed by atoms with E-state index < -0.39 is 0 Å². The highest BCUT2D eigenvalue weighted by Gasteiger charge is 2.19. The molecule has 0 aromatic heterocycles. The molecule has 0 unspecified atom stereocenters.